The van der Waals surface area contributed by atoms with Crippen LogP contribution in [0, 0.1) is 5.41 Å². The summed E-state index contributed by atoms with van der Waals surface area (Å²) in [7, 11) is 2.12. The molecule has 1 fully saturated rings. The standard InChI is InChI=1S/C12H16BrN3/c1-15-6-8-16(9-7-15)12(14)10-4-2-3-5-11(10)13/h2-5,14H,6-9H2,1H3. The Morgan fingerprint density at radius 1 is 1.19 bits per heavy atom. The normalized spacial score (nSPS) is 17.5. The van der Waals surface area contributed by atoms with Crippen LogP contribution in [0.15, 0.2) is 28.7 Å². The predicted octanol–water partition coefficient (Wildman–Crippen LogP) is 2.02. The van der Waals surface area contributed by atoms with E-state index in [4.69, 9.17) is 5.41 Å². The first-order valence-electron chi connectivity index (χ1n) is 5.45. The highest BCUT2D eigenvalue weighted by Crippen LogP contribution is 2.18. The topological polar surface area (TPSA) is 30.3 Å². The Bertz CT molecular complexity index is 384. The first-order valence-corrected chi connectivity index (χ1v) is 6.25. The number of benzene rings is 1. The van der Waals surface area contributed by atoms with Gasteiger partial charge in [0.1, 0.15) is 5.84 Å². The van der Waals surface area contributed by atoms with Crippen LogP contribution in [0.25, 0.3) is 0 Å². The molecule has 0 aromatic heterocycles. The zero-order valence-corrected chi connectivity index (χ0v) is 11.0. The fourth-order valence-electron chi connectivity index (χ4n) is 1.85. The summed E-state index contributed by atoms with van der Waals surface area (Å²) < 4.78 is 0.999. The molecular weight excluding hydrogens is 266 g/mol. The molecule has 1 aromatic carbocycles. The van der Waals surface area contributed by atoms with Gasteiger partial charge >= 0.3 is 0 Å². The lowest BCUT2D eigenvalue weighted by Crippen LogP contribution is -2.47. The lowest BCUT2D eigenvalue weighted by Gasteiger charge is -2.34. The summed E-state index contributed by atoms with van der Waals surface area (Å²) in [5, 5.41) is 8.21. The largest absolute Gasteiger partial charge is 0.354 e. The molecule has 0 radical (unpaired) electrons. The number of amidine groups is 1. The molecule has 2 rings (SSSR count). The molecule has 1 aromatic rings. The van der Waals surface area contributed by atoms with Crippen LogP contribution in [-0.2, 0) is 0 Å². The van der Waals surface area contributed by atoms with Crippen molar-refractivity contribution in [1.82, 2.24) is 9.80 Å². The van der Waals surface area contributed by atoms with Gasteiger partial charge in [0.15, 0.2) is 0 Å². The lowest BCUT2D eigenvalue weighted by molar-refractivity contribution is 0.215. The average Bonchev–Trinajstić information content (AvgIpc) is 2.30. The number of likely N-dealkylation sites (N-methyl/N-ethyl adjacent to an activating group) is 1. The summed E-state index contributed by atoms with van der Waals surface area (Å²) >= 11 is 3.50. The molecule has 1 aliphatic heterocycles. The van der Waals surface area contributed by atoms with Crippen molar-refractivity contribution in [2.24, 2.45) is 0 Å². The molecule has 0 aliphatic carbocycles. The van der Waals surface area contributed by atoms with Crippen molar-refractivity contribution in [3.05, 3.63) is 34.3 Å². The van der Waals surface area contributed by atoms with Gasteiger partial charge < -0.3 is 9.80 Å². The van der Waals surface area contributed by atoms with Crippen molar-refractivity contribution in [1.29, 1.82) is 5.41 Å². The summed E-state index contributed by atoms with van der Waals surface area (Å²) in [5.41, 5.74) is 0.979. The molecular formula is C12H16BrN3. The molecule has 0 unspecified atom stereocenters. The molecule has 0 atom stereocenters. The minimum absolute atomic E-state index is 0.626. The summed E-state index contributed by atoms with van der Waals surface area (Å²) in [6, 6.07) is 7.93. The zero-order chi connectivity index (χ0) is 11.5. The Balaban J connectivity index is 2.11. The second-order valence-corrected chi connectivity index (χ2v) is 4.97. The van der Waals surface area contributed by atoms with Gasteiger partial charge in [-0.05, 0) is 13.1 Å². The number of nitrogens with one attached hydrogen (secondary N) is 1. The van der Waals surface area contributed by atoms with Crippen LogP contribution in [0.2, 0.25) is 0 Å². The smallest absolute Gasteiger partial charge is 0.129 e. The Morgan fingerprint density at radius 3 is 2.44 bits per heavy atom. The molecule has 0 amide bonds. The number of rotatable bonds is 1. The lowest BCUT2D eigenvalue weighted by atomic mass is 10.2. The van der Waals surface area contributed by atoms with Crippen LogP contribution in [0.1, 0.15) is 5.56 Å². The number of hydrogen-bond acceptors (Lipinski definition) is 2. The fourth-order valence-corrected chi connectivity index (χ4v) is 2.33. The Morgan fingerprint density at radius 2 is 1.81 bits per heavy atom. The Hall–Kier alpha value is -0.870. The summed E-state index contributed by atoms with van der Waals surface area (Å²) in [4.78, 5) is 4.43. The molecule has 1 N–H and O–H groups in total. The molecule has 86 valence electrons. The minimum atomic E-state index is 0.626. The van der Waals surface area contributed by atoms with Crippen molar-refractivity contribution < 1.29 is 0 Å². The van der Waals surface area contributed by atoms with E-state index in [9.17, 15) is 0 Å². The summed E-state index contributed by atoms with van der Waals surface area (Å²) in [6.45, 7) is 3.95. The van der Waals surface area contributed by atoms with Crippen LogP contribution in [0.3, 0.4) is 0 Å². The van der Waals surface area contributed by atoms with E-state index in [2.05, 4.69) is 32.8 Å². The van der Waals surface area contributed by atoms with Crippen molar-refractivity contribution in [3.63, 3.8) is 0 Å². The van der Waals surface area contributed by atoms with Crippen LogP contribution < -0.4 is 0 Å². The summed E-state index contributed by atoms with van der Waals surface area (Å²) in [5.74, 6) is 0.626. The van der Waals surface area contributed by atoms with Gasteiger partial charge in [-0.15, -0.1) is 0 Å². The third-order valence-electron chi connectivity index (χ3n) is 2.95. The van der Waals surface area contributed by atoms with Gasteiger partial charge in [0.05, 0.1) is 0 Å². The molecule has 4 heteroatoms. The van der Waals surface area contributed by atoms with Crippen LogP contribution >= 0.6 is 15.9 Å². The van der Waals surface area contributed by atoms with Gasteiger partial charge in [-0.25, -0.2) is 0 Å². The van der Waals surface area contributed by atoms with Crippen LogP contribution in [-0.4, -0.2) is 48.9 Å². The van der Waals surface area contributed by atoms with Crippen LogP contribution in [0.5, 0.6) is 0 Å². The molecule has 0 spiro atoms. The zero-order valence-electron chi connectivity index (χ0n) is 9.41. The van der Waals surface area contributed by atoms with E-state index in [1.807, 2.05) is 24.3 Å². The first-order chi connectivity index (χ1) is 7.68. The predicted molar refractivity (Wildman–Crippen MR) is 70.0 cm³/mol. The molecule has 1 saturated heterocycles. The highest BCUT2D eigenvalue weighted by molar-refractivity contribution is 9.10. The van der Waals surface area contributed by atoms with E-state index in [1.54, 1.807) is 0 Å². The third-order valence-corrected chi connectivity index (χ3v) is 3.64. The molecule has 0 bridgehead atoms. The Labute approximate surface area is 105 Å². The van der Waals surface area contributed by atoms with E-state index in [0.717, 1.165) is 36.2 Å². The van der Waals surface area contributed by atoms with Gasteiger partial charge in [-0.1, -0.05) is 34.1 Å². The second kappa shape index (κ2) is 4.97. The highest BCUT2D eigenvalue weighted by Gasteiger charge is 2.18. The van der Waals surface area contributed by atoms with Crippen molar-refractivity contribution in [2.45, 2.75) is 0 Å². The number of halogens is 1. The Kier molecular flexibility index (Phi) is 3.61. The maximum absolute atomic E-state index is 8.21. The van der Waals surface area contributed by atoms with Gasteiger partial charge in [0.25, 0.3) is 0 Å². The minimum Gasteiger partial charge on any atom is -0.354 e. The molecule has 3 nitrogen and oxygen atoms in total. The second-order valence-electron chi connectivity index (χ2n) is 4.12. The van der Waals surface area contributed by atoms with Gasteiger partial charge in [0, 0.05) is 36.2 Å². The van der Waals surface area contributed by atoms with Gasteiger partial charge in [0.2, 0.25) is 0 Å². The fraction of sp³-hybridized carbons (Fsp3) is 0.417. The van der Waals surface area contributed by atoms with Crippen molar-refractivity contribution >= 4 is 21.8 Å². The maximum atomic E-state index is 8.21. The number of hydrogen-bond donors (Lipinski definition) is 1. The monoisotopic (exact) mass is 281 g/mol. The summed E-state index contributed by atoms with van der Waals surface area (Å²) in [6.07, 6.45) is 0. The first kappa shape index (κ1) is 11.6. The van der Waals surface area contributed by atoms with E-state index in [1.165, 1.54) is 0 Å². The number of piperazine rings is 1. The third kappa shape index (κ3) is 2.44. The maximum Gasteiger partial charge on any atom is 0.129 e. The van der Waals surface area contributed by atoms with Crippen molar-refractivity contribution in [3.8, 4) is 0 Å². The molecule has 1 aliphatic rings. The molecule has 16 heavy (non-hydrogen) atoms. The van der Waals surface area contributed by atoms with E-state index >= 15 is 0 Å². The van der Waals surface area contributed by atoms with Crippen molar-refractivity contribution in [2.75, 3.05) is 33.2 Å². The average molecular weight is 282 g/mol. The van der Waals surface area contributed by atoms with Crippen LogP contribution in [0.4, 0.5) is 0 Å². The van der Waals surface area contributed by atoms with E-state index in [0.29, 0.717) is 5.84 Å². The molecule has 0 saturated carbocycles. The van der Waals surface area contributed by atoms with Gasteiger partial charge in [-0.3, -0.25) is 5.41 Å². The highest BCUT2D eigenvalue weighted by atomic mass is 79.9. The number of nitrogens with zero attached hydrogens (tertiary/aromatic N) is 2. The SMILES string of the molecule is CN1CCN(C(=N)c2ccccc2Br)CC1. The quantitative estimate of drug-likeness (QED) is 0.631. The van der Waals surface area contributed by atoms with Gasteiger partial charge in [-0.2, -0.15) is 0 Å². The van der Waals surface area contributed by atoms with E-state index < -0.39 is 0 Å². The molecule has 1 heterocycles. The van der Waals surface area contributed by atoms with E-state index in [-0.39, 0.29) is 0 Å².